The van der Waals surface area contributed by atoms with E-state index in [0.29, 0.717) is 16.9 Å². The number of aryl methyl sites for hydroxylation is 1. The Bertz CT molecular complexity index is 905. The van der Waals surface area contributed by atoms with Crippen LogP contribution in [-0.2, 0) is 19.6 Å². The molecule has 2 rings (SSSR count). The van der Waals surface area contributed by atoms with Gasteiger partial charge in [-0.15, -0.1) is 0 Å². The molecule has 0 radical (unpaired) electrons. The highest BCUT2D eigenvalue weighted by atomic mass is 32.2. The van der Waals surface area contributed by atoms with E-state index >= 15 is 0 Å². The molecule has 7 nitrogen and oxygen atoms in total. The number of carbonyl (C=O) groups excluding carboxylic acids is 2. The van der Waals surface area contributed by atoms with Gasteiger partial charge in [-0.3, -0.25) is 9.52 Å². The molecule has 0 fully saturated rings. The lowest BCUT2D eigenvalue weighted by molar-refractivity contribution is -0.114. The van der Waals surface area contributed by atoms with Crippen LogP contribution in [0.4, 0.5) is 11.4 Å². The van der Waals surface area contributed by atoms with Crippen molar-refractivity contribution in [1.82, 2.24) is 0 Å². The van der Waals surface area contributed by atoms with Crippen LogP contribution in [0.15, 0.2) is 47.4 Å². The highest BCUT2D eigenvalue weighted by molar-refractivity contribution is 7.92. The minimum atomic E-state index is -3.88. The Morgan fingerprint density at radius 3 is 2.16 bits per heavy atom. The quantitative estimate of drug-likeness (QED) is 0.796. The summed E-state index contributed by atoms with van der Waals surface area (Å²) in [5, 5.41) is 2.59. The predicted octanol–water partition coefficient (Wildman–Crippen LogP) is 2.54. The number of hydrogen-bond donors (Lipinski definition) is 2. The van der Waals surface area contributed by atoms with Crippen molar-refractivity contribution in [3.05, 3.63) is 53.6 Å². The molecule has 0 atom stereocenters. The van der Waals surface area contributed by atoms with Gasteiger partial charge in [-0.25, -0.2) is 13.2 Å². The van der Waals surface area contributed by atoms with Crippen molar-refractivity contribution in [2.45, 2.75) is 18.7 Å². The second-order valence-corrected chi connectivity index (χ2v) is 7.01. The molecular weight excluding hydrogens is 344 g/mol. The maximum absolute atomic E-state index is 12.5. The predicted molar refractivity (Wildman–Crippen MR) is 94.1 cm³/mol. The molecule has 0 aliphatic rings. The number of hydrogen-bond acceptors (Lipinski definition) is 5. The lowest BCUT2D eigenvalue weighted by atomic mass is 10.1. The number of amides is 1. The highest BCUT2D eigenvalue weighted by Crippen LogP contribution is 2.21. The molecular formula is C17H18N2O5S. The van der Waals surface area contributed by atoms with E-state index in [9.17, 15) is 18.0 Å². The molecule has 0 aromatic heterocycles. The maximum Gasteiger partial charge on any atom is 0.338 e. The molecule has 132 valence electrons. The van der Waals surface area contributed by atoms with E-state index in [-0.39, 0.29) is 16.4 Å². The minimum absolute atomic E-state index is 0.0514. The standard InChI is InChI=1S/C17H18N2O5S/c1-11-4-9-15(10-16(11)17(21)24-3)25(22,23)19-14-7-5-13(6-8-14)18-12(2)20/h4-10,19H,1-3H3,(H,18,20). The number of nitrogens with one attached hydrogen (secondary N) is 2. The van der Waals surface area contributed by atoms with Gasteiger partial charge in [-0.2, -0.15) is 0 Å². The molecule has 0 heterocycles. The third kappa shape index (κ3) is 4.57. The first-order valence-electron chi connectivity index (χ1n) is 7.32. The van der Waals surface area contributed by atoms with E-state index in [1.165, 1.54) is 38.3 Å². The first-order chi connectivity index (χ1) is 11.7. The van der Waals surface area contributed by atoms with Crippen molar-refractivity contribution in [2.75, 3.05) is 17.1 Å². The molecule has 0 unspecified atom stereocenters. The third-order valence-electron chi connectivity index (χ3n) is 3.38. The maximum atomic E-state index is 12.5. The van der Waals surface area contributed by atoms with Crippen LogP contribution in [-0.4, -0.2) is 27.4 Å². The lowest BCUT2D eigenvalue weighted by Crippen LogP contribution is -2.14. The summed E-state index contributed by atoms with van der Waals surface area (Å²) in [6.45, 7) is 3.07. The molecule has 0 aliphatic carbocycles. The monoisotopic (exact) mass is 362 g/mol. The molecule has 25 heavy (non-hydrogen) atoms. The molecule has 2 aromatic rings. The van der Waals surface area contributed by atoms with Gasteiger partial charge >= 0.3 is 5.97 Å². The van der Waals surface area contributed by atoms with Gasteiger partial charge in [-0.1, -0.05) is 6.07 Å². The molecule has 0 spiro atoms. The van der Waals surface area contributed by atoms with Crippen LogP contribution in [0.5, 0.6) is 0 Å². The normalized spacial score (nSPS) is 10.8. The van der Waals surface area contributed by atoms with E-state index in [1.807, 2.05) is 0 Å². The van der Waals surface area contributed by atoms with Gasteiger partial charge in [0.2, 0.25) is 5.91 Å². The fraction of sp³-hybridized carbons (Fsp3) is 0.176. The Hall–Kier alpha value is -2.87. The zero-order valence-electron chi connectivity index (χ0n) is 14.0. The zero-order valence-corrected chi connectivity index (χ0v) is 14.8. The number of benzene rings is 2. The van der Waals surface area contributed by atoms with Gasteiger partial charge in [0, 0.05) is 18.3 Å². The number of methoxy groups -OCH3 is 1. The van der Waals surface area contributed by atoms with E-state index in [0.717, 1.165) is 0 Å². The topological polar surface area (TPSA) is 102 Å². The van der Waals surface area contributed by atoms with Gasteiger partial charge in [0.25, 0.3) is 10.0 Å². The third-order valence-corrected chi connectivity index (χ3v) is 4.76. The highest BCUT2D eigenvalue weighted by Gasteiger charge is 2.18. The number of esters is 1. The van der Waals surface area contributed by atoms with Crippen molar-refractivity contribution >= 4 is 33.3 Å². The summed E-state index contributed by atoms with van der Waals surface area (Å²) in [5.41, 5.74) is 1.69. The summed E-state index contributed by atoms with van der Waals surface area (Å²) in [7, 11) is -2.64. The number of anilines is 2. The first-order valence-corrected chi connectivity index (χ1v) is 8.80. The summed E-state index contributed by atoms with van der Waals surface area (Å²) in [6.07, 6.45) is 0. The van der Waals surface area contributed by atoms with Gasteiger partial charge in [0.05, 0.1) is 17.6 Å². The molecule has 8 heteroatoms. The minimum Gasteiger partial charge on any atom is -0.465 e. The molecule has 2 N–H and O–H groups in total. The molecule has 1 amide bonds. The van der Waals surface area contributed by atoms with E-state index in [1.54, 1.807) is 25.1 Å². The molecule has 0 bridgehead atoms. The largest absolute Gasteiger partial charge is 0.465 e. The van der Waals surface area contributed by atoms with Gasteiger partial charge in [0.1, 0.15) is 0 Å². The van der Waals surface area contributed by atoms with Crippen molar-refractivity contribution < 1.29 is 22.7 Å². The summed E-state index contributed by atoms with van der Waals surface area (Å²) < 4.78 is 32.1. The summed E-state index contributed by atoms with van der Waals surface area (Å²) in [5.74, 6) is -0.822. The van der Waals surface area contributed by atoms with Crippen molar-refractivity contribution in [1.29, 1.82) is 0 Å². The van der Waals surface area contributed by atoms with Gasteiger partial charge in [0.15, 0.2) is 0 Å². The number of sulfonamides is 1. The zero-order chi connectivity index (χ0) is 18.6. The Kier molecular flexibility index (Phi) is 5.43. The van der Waals surface area contributed by atoms with E-state index in [2.05, 4.69) is 14.8 Å². The van der Waals surface area contributed by atoms with Crippen LogP contribution in [0.1, 0.15) is 22.8 Å². The fourth-order valence-electron chi connectivity index (χ4n) is 2.14. The van der Waals surface area contributed by atoms with Gasteiger partial charge in [-0.05, 0) is 48.9 Å². The number of carbonyl (C=O) groups is 2. The summed E-state index contributed by atoms with van der Waals surface area (Å²) in [4.78, 5) is 22.7. The smallest absolute Gasteiger partial charge is 0.338 e. The molecule has 0 aliphatic heterocycles. The van der Waals surface area contributed by atoms with Crippen LogP contribution >= 0.6 is 0 Å². The average Bonchev–Trinajstić information content (AvgIpc) is 2.55. The Morgan fingerprint density at radius 1 is 1.00 bits per heavy atom. The van der Waals surface area contributed by atoms with E-state index < -0.39 is 16.0 Å². The summed E-state index contributed by atoms with van der Waals surface area (Å²) in [6, 6.07) is 10.4. The van der Waals surface area contributed by atoms with Crippen molar-refractivity contribution in [3.63, 3.8) is 0 Å². The van der Waals surface area contributed by atoms with Crippen LogP contribution in [0.25, 0.3) is 0 Å². The van der Waals surface area contributed by atoms with Crippen molar-refractivity contribution in [3.8, 4) is 0 Å². The van der Waals surface area contributed by atoms with Crippen LogP contribution in [0.3, 0.4) is 0 Å². The van der Waals surface area contributed by atoms with Gasteiger partial charge < -0.3 is 10.1 Å². The second-order valence-electron chi connectivity index (χ2n) is 5.33. The van der Waals surface area contributed by atoms with Crippen LogP contribution in [0.2, 0.25) is 0 Å². The van der Waals surface area contributed by atoms with Crippen molar-refractivity contribution in [2.24, 2.45) is 0 Å². The second kappa shape index (κ2) is 7.35. The molecule has 0 saturated heterocycles. The Morgan fingerprint density at radius 2 is 1.60 bits per heavy atom. The lowest BCUT2D eigenvalue weighted by Gasteiger charge is -2.11. The number of ether oxygens (including phenoxy) is 1. The Balaban J connectivity index is 2.27. The SMILES string of the molecule is COC(=O)c1cc(S(=O)(=O)Nc2ccc(NC(C)=O)cc2)ccc1C. The van der Waals surface area contributed by atoms with Crippen LogP contribution in [0, 0.1) is 6.92 Å². The summed E-state index contributed by atoms with van der Waals surface area (Å²) >= 11 is 0. The fourth-order valence-corrected chi connectivity index (χ4v) is 3.22. The first kappa shape index (κ1) is 18.5. The molecule has 0 saturated carbocycles. The average molecular weight is 362 g/mol. The van der Waals surface area contributed by atoms with Crippen LogP contribution < -0.4 is 10.0 Å². The molecule has 2 aromatic carbocycles. The van der Waals surface area contributed by atoms with E-state index in [4.69, 9.17) is 0 Å². The Labute approximate surface area is 146 Å². The number of rotatable bonds is 5.